The van der Waals surface area contributed by atoms with E-state index in [1.165, 1.54) is 51.5 Å². The van der Waals surface area contributed by atoms with Crippen LogP contribution >= 0.6 is 0 Å². The maximum atomic E-state index is 3.73. The summed E-state index contributed by atoms with van der Waals surface area (Å²) in [5.74, 6) is 0. The van der Waals surface area contributed by atoms with Crippen molar-refractivity contribution in [3.05, 3.63) is 0 Å². The van der Waals surface area contributed by atoms with Crippen LogP contribution in [-0.2, 0) is 0 Å². The Morgan fingerprint density at radius 1 is 1.07 bits per heavy atom. The van der Waals surface area contributed by atoms with Crippen LogP contribution in [-0.4, -0.2) is 12.6 Å². The average Bonchev–Trinajstić information content (AvgIpc) is 2.20. The maximum Gasteiger partial charge on any atom is 0.00620 e. The van der Waals surface area contributed by atoms with Crippen molar-refractivity contribution in [2.45, 2.75) is 71.8 Å². The van der Waals surface area contributed by atoms with E-state index in [4.69, 9.17) is 0 Å². The molecule has 1 saturated carbocycles. The third-order valence-corrected chi connectivity index (χ3v) is 3.86. The number of nitrogens with one attached hydrogen (secondary N) is 1. The standard InChI is InChI=1S/C13H27N/c1-4-12(5-2)14-11-13(3)9-7-6-8-10-13/h12,14H,4-11H2,1-3H3. The van der Waals surface area contributed by atoms with Gasteiger partial charge in [-0.15, -0.1) is 0 Å². The van der Waals surface area contributed by atoms with Gasteiger partial charge in [0.25, 0.3) is 0 Å². The Bertz CT molecular complexity index is 143. The number of hydrogen-bond acceptors (Lipinski definition) is 1. The van der Waals surface area contributed by atoms with Crippen molar-refractivity contribution in [1.82, 2.24) is 5.32 Å². The fraction of sp³-hybridized carbons (Fsp3) is 1.00. The van der Waals surface area contributed by atoms with Crippen LogP contribution in [0.1, 0.15) is 65.7 Å². The van der Waals surface area contributed by atoms with Gasteiger partial charge in [-0.05, 0) is 31.1 Å². The Morgan fingerprint density at radius 3 is 2.14 bits per heavy atom. The van der Waals surface area contributed by atoms with Crippen molar-refractivity contribution in [2.75, 3.05) is 6.54 Å². The SMILES string of the molecule is CCC(CC)NCC1(C)CCCCC1. The van der Waals surface area contributed by atoms with Gasteiger partial charge < -0.3 is 5.32 Å². The summed E-state index contributed by atoms with van der Waals surface area (Å²) in [4.78, 5) is 0. The minimum absolute atomic E-state index is 0.598. The molecule has 1 heteroatoms. The lowest BCUT2D eigenvalue weighted by atomic mass is 9.75. The lowest BCUT2D eigenvalue weighted by Crippen LogP contribution is -2.38. The summed E-state index contributed by atoms with van der Waals surface area (Å²) in [6, 6.07) is 0.744. The number of rotatable bonds is 5. The molecule has 14 heavy (non-hydrogen) atoms. The molecule has 0 bridgehead atoms. The van der Waals surface area contributed by atoms with Crippen LogP contribution in [0.15, 0.2) is 0 Å². The first kappa shape index (κ1) is 12.0. The lowest BCUT2D eigenvalue weighted by Gasteiger charge is -2.35. The molecule has 0 heterocycles. The van der Waals surface area contributed by atoms with Gasteiger partial charge in [0, 0.05) is 12.6 Å². The Hall–Kier alpha value is -0.0400. The van der Waals surface area contributed by atoms with E-state index in [1.54, 1.807) is 0 Å². The van der Waals surface area contributed by atoms with E-state index in [0.717, 1.165) is 6.04 Å². The second-order valence-electron chi connectivity index (χ2n) is 5.27. The summed E-state index contributed by atoms with van der Waals surface area (Å²) in [5, 5.41) is 3.73. The fourth-order valence-electron chi connectivity index (χ4n) is 2.55. The van der Waals surface area contributed by atoms with E-state index in [9.17, 15) is 0 Å². The predicted octanol–water partition coefficient (Wildman–Crippen LogP) is 3.74. The molecule has 1 N–H and O–H groups in total. The first-order chi connectivity index (χ1) is 6.70. The second-order valence-corrected chi connectivity index (χ2v) is 5.27. The van der Waals surface area contributed by atoms with Crippen molar-refractivity contribution in [3.8, 4) is 0 Å². The molecule has 0 unspecified atom stereocenters. The van der Waals surface area contributed by atoms with Crippen molar-refractivity contribution >= 4 is 0 Å². The van der Waals surface area contributed by atoms with Gasteiger partial charge in [0.15, 0.2) is 0 Å². The van der Waals surface area contributed by atoms with Gasteiger partial charge in [0.2, 0.25) is 0 Å². The minimum atomic E-state index is 0.598. The summed E-state index contributed by atoms with van der Waals surface area (Å²) >= 11 is 0. The van der Waals surface area contributed by atoms with Crippen molar-refractivity contribution in [2.24, 2.45) is 5.41 Å². The highest BCUT2D eigenvalue weighted by molar-refractivity contribution is 4.81. The maximum absolute atomic E-state index is 3.73. The first-order valence-electron chi connectivity index (χ1n) is 6.43. The smallest absolute Gasteiger partial charge is 0.00620 e. The van der Waals surface area contributed by atoms with Gasteiger partial charge in [-0.2, -0.15) is 0 Å². The number of hydrogen-bond donors (Lipinski definition) is 1. The summed E-state index contributed by atoms with van der Waals surface area (Å²) in [6.07, 6.45) is 9.75. The van der Waals surface area contributed by atoms with Crippen LogP contribution in [0.25, 0.3) is 0 Å². The van der Waals surface area contributed by atoms with Crippen LogP contribution < -0.4 is 5.32 Å². The van der Waals surface area contributed by atoms with E-state index >= 15 is 0 Å². The molecule has 0 aromatic heterocycles. The highest BCUT2D eigenvalue weighted by Gasteiger charge is 2.26. The van der Waals surface area contributed by atoms with Gasteiger partial charge in [0.1, 0.15) is 0 Å². The Morgan fingerprint density at radius 2 is 1.64 bits per heavy atom. The van der Waals surface area contributed by atoms with Crippen LogP contribution in [0.4, 0.5) is 0 Å². The second kappa shape index (κ2) is 5.75. The van der Waals surface area contributed by atoms with Crippen molar-refractivity contribution < 1.29 is 0 Å². The molecule has 0 aromatic carbocycles. The van der Waals surface area contributed by atoms with E-state index < -0.39 is 0 Å². The van der Waals surface area contributed by atoms with Crippen LogP contribution in [0.5, 0.6) is 0 Å². The van der Waals surface area contributed by atoms with Crippen molar-refractivity contribution in [3.63, 3.8) is 0 Å². The molecule has 0 aliphatic heterocycles. The fourth-order valence-corrected chi connectivity index (χ4v) is 2.55. The Balaban J connectivity index is 2.27. The van der Waals surface area contributed by atoms with Crippen LogP contribution in [0.2, 0.25) is 0 Å². The molecule has 0 radical (unpaired) electrons. The molecule has 0 atom stereocenters. The highest BCUT2D eigenvalue weighted by Crippen LogP contribution is 2.35. The zero-order valence-electron chi connectivity index (χ0n) is 10.2. The van der Waals surface area contributed by atoms with Gasteiger partial charge in [0.05, 0.1) is 0 Å². The molecule has 1 aliphatic rings. The summed E-state index contributed by atoms with van der Waals surface area (Å²) in [7, 11) is 0. The monoisotopic (exact) mass is 197 g/mol. The highest BCUT2D eigenvalue weighted by atomic mass is 14.9. The molecule has 0 aromatic rings. The third kappa shape index (κ3) is 3.61. The summed E-state index contributed by atoms with van der Waals surface area (Å²) in [5.41, 5.74) is 0.598. The normalized spacial score (nSPS) is 21.4. The molecule has 0 saturated heterocycles. The molecule has 1 rings (SSSR count). The lowest BCUT2D eigenvalue weighted by molar-refractivity contribution is 0.198. The zero-order valence-corrected chi connectivity index (χ0v) is 10.2. The minimum Gasteiger partial charge on any atom is -0.313 e. The van der Waals surface area contributed by atoms with Gasteiger partial charge in [-0.25, -0.2) is 0 Å². The predicted molar refractivity (Wildman–Crippen MR) is 63.6 cm³/mol. The molecule has 1 nitrogen and oxygen atoms in total. The summed E-state index contributed by atoms with van der Waals surface area (Å²) < 4.78 is 0. The molecular weight excluding hydrogens is 170 g/mol. The van der Waals surface area contributed by atoms with Crippen LogP contribution in [0.3, 0.4) is 0 Å². The third-order valence-electron chi connectivity index (χ3n) is 3.86. The van der Waals surface area contributed by atoms with E-state index in [0.29, 0.717) is 5.41 Å². The van der Waals surface area contributed by atoms with Gasteiger partial charge in [-0.3, -0.25) is 0 Å². The molecule has 0 amide bonds. The molecule has 1 fully saturated rings. The average molecular weight is 197 g/mol. The topological polar surface area (TPSA) is 12.0 Å². The van der Waals surface area contributed by atoms with Gasteiger partial charge >= 0.3 is 0 Å². The van der Waals surface area contributed by atoms with Crippen LogP contribution in [0, 0.1) is 5.41 Å². The van der Waals surface area contributed by atoms with E-state index in [-0.39, 0.29) is 0 Å². The molecule has 84 valence electrons. The quantitative estimate of drug-likeness (QED) is 0.708. The Kier molecular flexibility index (Phi) is 4.94. The van der Waals surface area contributed by atoms with Gasteiger partial charge in [-0.1, -0.05) is 40.0 Å². The zero-order chi connectivity index (χ0) is 10.4. The van der Waals surface area contributed by atoms with Crippen molar-refractivity contribution in [1.29, 1.82) is 0 Å². The first-order valence-corrected chi connectivity index (χ1v) is 6.43. The summed E-state index contributed by atoms with van der Waals surface area (Å²) in [6.45, 7) is 8.26. The van der Waals surface area contributed by atoms with E-state index in [2.05, 4.69) is 26.1 Å². The largest absolute Gasteiger partial charge is 0.313 e. The Labute approximate surface area is 89.7 Å². The molecular formula is C13H27N. The van der Waals surface area contributed by atoms with E-state index in [1.807, 2.05) is 0 Å². The molecule has 0 spiro atoms. The molecule has 1 aliphatic carbocycles.